The lowest BCUT2D eigenvalue weighted by Crippen LogP contribution is -2.28. The van der Waals surface area contributed by atoms with E-state index in [0.717, 1.165) is 40.7 Å². The lowest BCUT2D eigenvalue weighted by Gasteiger charge is -2.08. The van der Waals surface area contributed by atoms with Crippen LogP contribution in [0.25, 0.3) is 0 Å². The van der Waals surface area contributed by atoms with Crippen LogP contribution in [0.15, 0.2) is 41.4 Å². The first-order valence-corrected chi connectivity index (χ1v) is 9.09. The van der Waals surface area contributed by atoms with Gasteiger partial charge in [-0.3, -0.25) is 9.59 Å². The Morgan fingerprint density at radius 2 is 1.93 bits per heavy atom. The third-order valence-electron chi connectivity index (χ3n) is 4.01. The number of hydrogen-bond acceptors (Lipinski definition) is 4. The van der Waals surface area contributed by atoms with Gasteiger partial charge in [0.2, 0.25) is 11.8 Å². The SMILES string of the molecule is Cc1cccc(C)c1N=C1NC(=O)[C@@H](CC(=O)Nc2ccc(F)cc2F)S1. The molecular weight excluding hydrogens is 372 g/mol. The standard InChI is InChI=1S/C19H17F2N3O2S/c1-10-4-3-5-11(2)17(10)23-19-24-18(26)15(27-19)9-16(25)22-14-7-6-12(20)8-13(14)21/h3-8,15H,9H2,1-2H3,(H,22,25)(H,23,24,26)/t15-/m1/s1. The third-order valence-corrected chi connectivity index (χ3v) is 5.09. The third kappa shape index (κ3) is 4.51. The number of para-hydroxylation sites is 1. The highest BCUT2D eigenvalue weighted by Crippen LogP contribution is 2.29. The Labute approximate surface area is 159 Å². The van der Waals surface area contributed by atoms with Crippen molar-refractivity contribution in [2.75, 3.05) is 5.32 Å². The first-order chi connectivity index (χ1) is 12.8. The summed E-state index contributed by atoms with van der Waals surface area (Å²) in [5.74, 6) is -2.48. The maximum Gasteiger partial charge on any atom is 0.240 e. The van der Waals surface area contributed by atoms with E-state index in [2.05, 4.69) is 15.6 Å². The van der Waals surface area contributed by atoms with Crippen LogP contribution >= 0.6 is 11.8 Å². The fourth-order valence-electron chi connectivity index (χ4n) is 2.64. The fraction of sp³-hybridized carbons (Fsp3) is 0.211. The molecule has 2 N–H and O–H groups in total. The molecule has 0 saturated carbocycles. The van der Waals surface area contributed by atoms with Gasteiger partial charge in [-0.1, -0.05) is 30.0 Å². The van der Waals surface area contributed by atoms with Crippen LogP contribution in [0.5, 0.6) is 0 Å². The molecule has 2 amide bonds. The van der Waals surface area contributed by atoms with Crippen molar-refractivity contribution in [1.29, 1.82) is 0 Å². The van der Waals surface area contributed by atoms with Crippen molar-refractivity contribution < 1.29 is 18.4 Å². The molecule has 27 heavy (non-hydrogen) atoms. The number of nitrogens with zero attached hydrogens (tertiary/aromatic N) is 1. The van der Waals surface area contributed by atoms with Crippen molar-refractivity contribution in [2.24, 2.45) is 4.99 Å². The van der Waals surface area contributed by atoms with Gasteiger partial charge in [-0.2, -0.15) is 0 Å². The first-order valence-electron chi connectivity index (χ1n) is 8.21. The molecule has 5 nitrogen and oxygen atoms in total. The molecule has 2 aromatic carbocycles. The minimum Gasteiger partial charge on any atom is -0.324 e. The summed E-state index contributed by atoms with van der Waals surface area (Å²) in [6.45, 7) is 3.85. The number of anilines is 1. The van der Waals surface area contributed by atoms with Crippen molar-refractivity contribution in [1.82, 2.24) is 5.32 Å². The summed E-state index contributed by atoms with van der Waals surface area (Å²) < 4.78 is 26.5. The van der Waals surface area contributed by atoms with Gasteiger partial charge in [-0.25, -0.2) is 13.8 Å². The monoisotopic (exact) mass is 389 g/mol. The number of carbonyl (C=O) groups is 2. The van der Waals surface area contributed by atoms with Crippen LogP contribution in [0, 0.1) is 25.5 Å². The Balaban J connectivity index is 1.67. The molecule has 0 spiro atoms. The molecule has 1 saturated heterocycles. The zero-order valence-electron chi connectivity index (χ0n) is 14.7. The molecule has 2 aromatic rings. The van der Waals surface area contributed by atoms with Gasteiger partial charge in [0.15, 0.2) is 5.17 Å². The molecule has 1 heterocycles. The molecule has 1 fully saturated rings. The van der Waals surface area contributed by atoms with Gasteiger partial charge in [0.1, 0.15) is 16.9 Å². The maximum absolute atomic E-state index is 13.6. The highest BCUT2D eigenvalue weighted by atomic mass is 32.2. The van der Waals surface area contributed by atoms with Crippen LogP contribution in [0.3, 0.4) is 0 Å². The highest BCUT2D eigenvalue weighted by Gasteiger charge is 2.32. The molecule has 0 unspecified atom stereocenters. The van der Waals surface area contributed by atoms with Gasteiger partial charge in [-0.15, -0.1) is 0 Å². The summed E-state index contributed by atoms with van der Waals surface area (Å²) in [6.07, 6.45) is -0.154. The minimum atomic E-state index is -0.871. The highest BCUT2D eigenvalue weighted by molar-refractivity contribution is 8.15. The quantitative estimate of drug-likeness (QED) is 0.835. The molecule has 3 rings (SSSR count). The molecule has 0 aromatic heterocycles. The number of aliphatic imine (C=N–C) groups is 1. The Hall–Kier alpha value is -2.74. The van der Waals surface area contributed by atoms with E-state index in [4.69, 9.17) is 0 Å². The lowest BCUT2D eigenvalue weighted by molar-refractivity contribution is -0.122. The Morgan fingerprint density at radius 1 is 1.22 bits per heavy atom. The summed E-state index contributed by atoms with van der Waals surface area (Å²) in [4.78, 5) is 28.7. The number of hydrogen-bond donors (Lipinski definition) is 2. The Kier molecular flexibility index (Phi) is 5.55. The number of rotatable bonds is 4. The Bertz CT molecular complexity index is 926. The van der Waals surface area contributed by atoms with Gasteiger partial charge in [-0.05, 0) is 37.1 Å². The molecule has 140 valence electrons. The maximum atomic E-state index is 13.6. The summed E-state index contributed by atoms with van der Waals surface area (Å²) in [5, 5.41) is 4.77. The second-order valence-electron chi connectivity index (χ2n) is 6.13. The molecule has 0 bridgehead atoms. The van der Waals surface area contributed by atoms with E-state index in [0.29, 0.717) is 11.2 Å². The lowest BCUT2D eigenvalue weighted by atomic mass is 10.1. The topological polar surface area (TPSA) is 70.6 Å². The van der Waals surface area contributed by atoms with Gasteiger partial charge < -0.3 is 10.6 Å². The molecule has 8 heteroatoms. The number of benzene rings is 2. The van der Waals surface area contributed by atoms with Crippen molar-refractivity contribution in [3.63, 3.8) is 0 Å². The molecule has 1 atom stereocenters. The smallest absolute Gasteiger partial charge is 0.240 e. The van der Waals surface area contributed by atoms with E-state index in [1.54, 1.807) is 0 Å². The van der Waals surface area contributed by atoms with E-state index >= 15 is 0 Å². The van der Waals surface area contributed by atoms with E-state index in [1.807, 2.05) is 32.0 Å². The minimum absolute atomic E-state index is 0.130. The van der Waals surface area contributed by atoms with Gasteiger partial charge in [0.05, 0.1) is 11.4 Å². The first kappa shape index (κ1) is 19.0. The fourth-order valence-corrected chi connectivity index (χ4v) is 3.61. The van der Waals surface area contributed by atoms with E-state index < -0.39 is 22.8 Å². The van der Waals surface area contributed by atoms with E-state index in [1.165, 1.54) is 0 Å². The van der Waals surface area contributed by atoms with Crippen LogP contribution in [0.4, 0.5) is 20.2 Å². The predicted octanol–water partition coefficient (Wildman–Crippen LogP) is 3.83. The van der Waals surface area contributed by atoms with E-state index in [9.17, 15) is 18.4 Å². The summed E-state index contributed by atoms with van der Waals surface area (Å²) in [6, 6.07) is 8.65. The predicted molar refractivity (Wildman–Crippen MR) is 102 cm³/mol. The number of halogens is 2. The number of nitrogens with one attached hydrogen (secondary N) is 2. The number of aryl methyl sites for hydroxylation is 2. The van der Waals surface area contributed by atoms with Crippen molar-refractivity contribution in [3.8, 4) is 0 Å². The van der Waals surface area contributed by atoms with E-state index in [-0.39, 0.29) is 18.0 Å². The molecule has 0 aliphatic carbocycles. The second-order valence-corrected chi connectivity index (χ2v) is 7.32. The van der Waals surface area contributed by atoms with Gasteiger partial charge >= 0.3 is 0 Å². The second kappa shape index (κ2) is 7.87. The van der Waals surface area contributed by atoms with Crippen LogP contribution in [0.1, 0.15) is 17.5 Å². The largest absolute Gasteiger partial charge is 0.324 e. The van der Waals surface area contributed by atoms with Gasteiger partial charge in [0.25, 0.3) is 0 Å². The van der Waals surface area contributed by atoms with Crippen molar-refractivity contribution >= 4 is 40.1 Å². The number of thioether (sulfide) groups is 1. The Morgan fingerprint density at radius 3 is 2.59 bits per heavy atom. The number of carbonyl (C=O) groups excluding carboxylic acids is 2. The molecule has 1 aliphatic rings. The van der Waals surface area contributed by atoms with Crippen LogP contribution < -0.4 is 10.6 Å². The summed E-state index contributed by atoms with van der Waals surface area (Å²) in [7, 11) is 0. The summed E-state index contributed by atoms with van der Waals surface area (Å²) in [5.41, 5.74) is 2.60. The molecular formula is C19H17F2N3O2S. The summed E-state index contributed by atoms with van der Waals surface area (Å²) >= 11 is 1.15. The van der Waals surface area contributed by atoms with Crippen LogP contribution in [-0.4, -0.2) is 22.2 Å². The molecule has 0 radical (unpaired) electrons. The average Bonchev–Trinajstić information content (AvgIpc) is 2.93. The number of amidine groups is 1. The molecule has 1 aliphatic heterocycles. The van der Waals surface area contributed by atoms with Crippen molar-refractivity contribution in [2.45, 2.75) is 25.5 Å². The number of amides is 2. The zero-order chi connectivity index (χ0) is 19.6. The average molecular weight is 389 g/mol. The van der Waals surface area contributed by atoms with Crippen molar-refractivity contribution in [3.05, 3.63) is 59.2 Å². The van der Waals surface area contributed by atoms with Gasteiger partial charge in [0, 0.05) is 12.5 Å². The normalized spacial score (nSPS) is 17.9. The van der Waals surface area contributed by atoms with Crippen LogP contribution in [-0.2, 0) is 9.59 Å². The zero-order valence-corrected chi connectivity index (χ0v) is 15.5. The van der Waals surface area contributed by atoms with Crippen LogP contribution in [0.2, 0.25) is 0 Å².